The molecule has 170 valence electrons. The summed E-state index contributed by atoms with van der Waals surface area (Å²) in [5.41, 5.74) is 4.98. The number of carbonyl (C=O) groups excluding carboxylic acids is 1. The number of nitrogens with two attached hydrogens (primary N) is 1. The molecule has 1 heterocycles. The van der Waals surface area contributed by atoms with E-state index in [1.807, 2.05) is 0 Å². The number of nitrogens with zero attached hydrogens (tertiary/aromatic N) is 1. The molecule has 4 rings (SSSR count). The van der Waals surface area contributed by atoms with Gasteiger partial charge in [0.1, 0.15) is 5.76 Å². The van der Waals surface area contributed by atoms with E-state index in [2.05, 4.69) is 22.7 Å². The summed E-state index contributed by atoms with van der Waals surface area (Å²) in [7, 11) is -3.60. The summed E-state index contributed by atoms with van der Waals surface area (Å²) in [6.45, 7) is 6.99. The second kappa shape index (κ2) is 8.27. The molecule has 0 saturated carbocycles. The van der Waals surface area contributed by atoms with Crippen LogP contribution in [-0.4, -0.2) is 15.3 Å². The Morgan fingerprint density at radius 3 is 2.65 bits per heavy atom. The fourth-order valence-electron chi connectivity index (χ4n) is 4.76. The first-order chi connectivity index (χ1) is 14.0. The van der Waals surface area contributed by atoms with Gasteiger partial charge in [-0.2, -0.15) is 13.5 Å². The molecule has 2 atom stereocenters. The molecule has 0 saturated heterocycles. The highest BCUT2D eigenvalue weighted by molar-refractivity contribution is 7.91. The van der Waals surface area contributed by atoms with Gasteiger partial charge in [-0.3, -0.25) is 0 Å². The maximum Gasteiger partial charge on any atom is 0.354 e. The highest BCUT2D eigenvalue weighted by atomic mass is 32.2. The van der Waals surface area contributed by atoms with Crippen LogP contribution < -0.4 is 10.5 Å². The van der Waals surface area contributed by atoms with Crippen LogP contribution in [0.15, 0.2) is 26.0 Å². The van der Waals surface area contributed by atoms with Gasteiger partial charge in [0.2, 0.25) is 5.09 Å². The Hall–Kier alpha value is -1.81. The third-order valence-electron chi connectivity index (χ3n) is 6.16. The van der Waals surface area contributed by atoms with Crippen LogP contribution >= 0.6 is 13.5 Å². The Bertz CT molecular complexity index is 1150. The summed E-state index contributed by atoms with van der Waals surface area (Å²) in [5, 5.41) is 18.9. The Balaban J connectivity index is 0.00000272. The van der Waals surface area contributed by atoms with Crippen LogP contribution in [0.1, 0.15) is 73.1 Å². The molecular formula is C22H31N3O4S2. The minimum atomic E-state index is -3.60. The number of aryl methyl sites for hydroxylation is 3. The molecule has 2 aliphatic rings. The van der Waals surface area contributed by atoms with Crippen molar-refractivity contribution in [2.24, 2.45) is 9.50 Å². The van der Waals surface area contributed by atoms with Crippen molar-refractivity contribution in [1.29, 1.82) is 0 Å². The van der Waals surface area contributed by atoms with Crippen molar-refractivity contribution in [3.05, 3.63) is 45.7 Å². The van der Waals surface area contributed by atoms with Gasteiger partial charge < -0.3 is 14.8 Å². The summed E-state index contributed by atoms with van der Waals surface area (Å²) in [4.78, 5) is 12.8. The van der Waals surface area contributed by atoms with Gasteiger partial charge in [0.15, 0.2) is 9.92 Å². The van der Waals surface area contributed by atoms with Gasteiger partial charge in [0.05, 0.1) is 5.60 Å². The molecule has 7 nitrogen and oxygen atoms in total. The Morgan fingerprint density at radius 1 is 1.29 bits per heavy atom. The molecule has 1 aromatic carbocycles. The van der Waals surface area contributed by atoms with E-state index in [0.717, 1.165) is 43.4 Å². The number of anilines is 1. The van der Waals surface area contributed by atoms with Crippen LogP contribution in [0.4, 0.5) is 10.5 Å². The van der Waals surface area contributed by atoms with Gasteiger partial charge >= 0.3 is 6.03 Å². The Morgan fingerprint density at radius 2 is 2.00 bits per heavy atom. The average molecular weight is 466 g/mol. The number of aliphatic hydroxyl groups is 1. The van der Waals surface area contributed by atoms with Crippen molar-refractivity contribution >= 4 is 35.1 Å². The third kappa shape index (κ3) is 4.41. The van der Waals surface area contributed by atoms with Gasteiger partial charge in [0.25, 0.3) is 0 Å². The van der Waals surface area contributed by atoms with Crippen molar-refractivity contribution in [3.63, 3.8) is 0 Å². The van der Waals surface area contributed by atoms with Crippen molar-refractivity contribution in [2.45, 2.75) is 76.4 Å². The van der Waals surface area contributed by atoms with Crippen LogP contribution in [0.3, 0.4) is 0 Å². The van der Waals surface area contributed by atoms with Crippen molar-refractivity contribution in [1.82, 2.24) is 0 Å². The van der Waals surface area contributed by atoms with Gasteiger partial charge in [-0.1, -0.05) is 13.0 Å². The molecule has 1 aromatic heterocycles. The number of urea groups is 1. The van der Waals surface area contributed by atoms with E-state index in [0.29, 0.717) is 17.2 Å². The van der Waals surface area contributed by atoms with E-state index in [-0.39, 0.29) is 18.6 Å². The van der Waals surface area contributed by atoms with Crippen LogP contribution in [0.2, 0.25) is 0 Å². The molecule has 0 bridgehead atoms. The standard InChI is InChI=1S/C22H29N3O4S.H2S/c1-12-8-9-15-10-14-6-5-7-16(14)20(19(12)15)24-21(26)25-30(23,28)18-11-17(13(2)29-18)22(3,4)27;/h10-12,27H,5-9H2,1-4H3,(H3,23,24,25,26,28);1H2. The SMILES string of the molecule is Cc1oc(S(N)(=O)=NC(=O)Nc2c3c(cc4c2C(C)CC4)CCC3)cc1C(C)(C)O.S. The summed E-state index contributed by atoms with van der Waals surface area (Å²) in [6, 6.07) is 2.95. The molecule has 0 spiro atoms. The summed E-state index contributed by atoms with van der Waals surface area (Å²) >= 11 is 0. The first kappa shape index (κ1) is 23.8. The molecule has 2 aromatic rings. The van der Waals surface area contributed by atoms with Crippen molar-refractivity contribution in [2.75, 3.05) is 5.32 Å². The highest BCUT2D eigenvalue weighted by Gasteiger charge is 2.30. The zero-order valence-corrected chi connectivity index (χ0v) is 20.2. The fourth-order valence-corrected chi connectivity index (χ4v) is 5.67. The van der Waals surface area contributed by atoms with Crippen LogP contribution in [-0.2, 0) is 34.8 Å². The normalized spacial score (nSPS) is 19.2. The maximum atomic E-state index is 13.0. The first-order valence-corrected chi connectivity index (χ1v) is 11.9. The van der Waals surface area contributed by atoms with Crippen LogP contribution in [0.5, 0.6) is 0 Å². The maximum absolute atomic E-state index is 13.0. The van der Waals surface area contributed by atoms with E-state index in [1.165, 1.54) is 22.8 Å². The predicted octanol–water partition coefficient (Wildman–Crippen LogP) is 4.40. The molecule has 0 radical (unpaired) electrons. The number of amides is 2. The minimum Gasteiger partial charge on any atom is -0.450 e. The van der Waals surface area contributed by atoms with Gasteiger partial charge in [-0.25, -0.2) is 14.1 Å². The predicted molar refractivity (Wildman–Crippen MR) is 126 cm³/mol. The molecule has 2 aliphatic carbocycles. The Kier molecular flexibility index (Phi) is 6.36. The molecular weight excluding hydrogens is 434 g/mol. The van der Waals surface area contributed by atoms with Crippen molar-refractivity contribution < 1.29 is 18.5 Å². The van der Waals surface area contributed by atoms with Gasteiger partial charge in [0, 0.05) is 17.3 Å². The van der Waals surface area contributed by atoms with E-state index in [4.69, 9.17) is 9.56 Å². The molecule has 0 aliphatic heterocycles. The largest absolute Gasteiger partial charge is 0.450 e. The summed E-state index contributed by atoms with van der Waals surface area (Å²) in [6.07, 6.45) is 5.04. The van der Waals surface area contributed by atoms with E-state index in [9.17, 15) is 14.1 Å². The lowest BCUT2D eigenvalue weighted by Crippen LogP contribution is -2.19. The number of fused-ring (bicyclic) bond motifs is 2. The smallest absolute Gasteiger partial charge is 0.354 e. The average Bonchev–Trinajstić information content (AvgIpc) is 3.32. The zero-order chi connectivity index (χ0) is 21.8. The van der Waals surface area contributed by atoms with Crippen molar-refractivity contribution in [3.8, 4) is 0 Å². The fraction of sp³-hybridized carbons (Fsp3) is 0.500. The Labute approximate surface area is 190 Å². The number of nitrogens with one attached hydrogen (secondary N) is 1. The van der Waals surface area contributed by atoms with Crippen LogP contribution in [0, 0.1) is 6.92 Å². The van der Waals surface area contributed by atoms with Crippen LogP contribution in [0.25, 0.3) is 0 Å². The summed E-state index contributed by atoms with van der Waals surface area (Å²) in [5.74, 6) is 0.740. The van der Waals surface area contributed by atoms with Gasteiger partial charge in [-0.15, -0.1) is 4.36 Å². The first-order valence-electron chi connectivity index (χ1n) is 10.3. The number of furan rings is 1. The topological polar surface area (TPSA) is 118 Å². The number of rotatable bonds is 3. The number of benzene rings is 1. The monoisotopic (exact) mass is 465 g/mol. The molecule has 31 heavy (non-hydrogen) atoms. The molecule has 4 N–H and O–H groups in total. The summed E-state index contributed by atoms with van der Waals surface area (Å²) < 4.78 is 22.2. The highest BCUT2D eigenvalue weighted by Crippen LogP contribution is 2.44. The second-order valence-corrected chi connectivity index (χ2v) is 10.7. The third-order valence-corrected chi connectivity index (χ3v) is 7.37. The molecule has 2 amide bonds. The van der Waals surface area contributed by atoms with Gasteiger partial charge in [-0.05, 0) is 81.0 Å². The molecule has 2 unspecified atom stereocenters. The number of hydrogen-bond acceptors (Lipinski definition) is 4. The zero-order valence-electron chi connectivity index (χ0n) is 18.4. The number of hydrogen-bond donors (Lipinski definition) is 3. The van der Waals surface area contributed by atoms with E-state index < -0.39 is 21.5 Å². The quantitative estimate of drug-likeness (QED) is 0.622. The molecule has 9 heteroatoms. The lowest BCUT2D eigenvalue weighted by molar-refractivity contribution is 0.0769. The minimum absolute atomic E-state index is 0. The number of carbonyl (C=O) groups is 1. The van der Waals surface area contributed by atoms with E-state index >= 15 is 0 Å². The second-order valence-electron chi connectivity index (χ2n) is 8.94. The lowest BCUT2D eigenvalue weighted by Gasteiger charge is -2.17. The molecule has 0 fully saturated rings. The lowest BCUT2D eigenvalue weighted by atomic mass is 9.95. The van der Waals surface area contributed by atoms with E-state index in [1.54, 1.807) is 20.8 Å².